The number of ether oxygens (including phenoxy) is 1. The highest BCUT2D eigenvalue weighted by molar-refractivity contribution is 7.54. The molecule has 0 radical (unpaired) electrons. The average Bonchev–Trinajstić information content (AvgIpc) is 3.16. The van der Waals surface area contributed by atoms with Crippen LogP contribution in [-0.2, 0) is 24.9 Å². The van der Waals surface area contributed by atoms with E-state index < -0.39 is 13.4 Å². The van der Waals surface area contributed by atoms with Crippen LogP contribution in [0.15, 0.2) is 6.33 Å². The molecular formula is C14H21ClN5O4P. The van der Waals surface area contributed by atoms with Crippen LogP contribution in [0.5, 0.6) is 0 Å². The summed E-state index contributed by atoms with van der Waals surface area (Å²) in [5.41, 5.74) is 6.69. The van der Waals surface area contributed by atoms with Crippen molar-refractivity contribution in [3.63, 3.8) is 0 Å². The zero-order chi connectivity index (χ0) is 18.0. The van der Waals surface area contributed by atoms with Gasteiger partial charge >= 0.3 is 7.60 Å². The molecule has 1 saturated heterocycles. The zero-order valence-corrected chi connectivity index (χ0v) is 15.7. The van der Waals surface area contributed by atoms with Crippen molar-refractivity contribution in [1.82, 2.24) is 19.5 Å². The largest absolute Gasteiger partial charge is 0.368 e. The van der Waals surface area contributed by atoms with Gasteiger partial charge in [-0.25, -0.2) is 4.98 Å². The molecule has 0 bridgehead atoms. The Kier molecular flexibility index (Phi) is 5.60. The van der Waals surface area contributed by atoms with E-state index in [9.17, 15) is 4.57 Å². The molecular weight excluding hydrogens is 369 g/mol. The van der Waals surface area contributed by atoms with Gasteiger partial charge in [0, 0.05) is 0 Å². The number of imidazole rings is 1. The summed E-state index contributed by atoms with van der Waals surface area (Å²) in [5, 5.41) is 0.212. The molecule has 0 unspecified atom stereocenters. The maximum atomic E-state index is 12.8. The van der Waals surface area contributed by atoms with Crippen LogP contribution in [0.4, 0.5) is 5.95 Å². The summed E-state index contributed by atoms with van der Waals surface area (Å²) in [7, 11) is -3.27. The van der Waals surface area contributed by atoms with Crippen LogP contribution in [-0.4, -0.2) is 44.7 Å². The van der Waals surface area contributed by atoms with E-state index in [-0.39, 0.29) is 17.2 Å². The molecule has 2 aromatic heterocycles. The molecule has 2 N–H and O–H groups in total. The van der Waals surface area contributed by atoms with Crippen molar-refractivity contribution in [1.29, 1.82) is 0 Å². The highest BCUT2D eigenvalue weighted by atomic mass is 35.5. The van der Waals surface area contributed by atoms with Crippen molar-refractivity contribution in [2.45, 2.75) is 45.2 Å². The molecule has 1 aliphatic rings. The molecule has 3 rings (SSSR count). The minimum Gasteiger partial charge on any atom is -0.368 e. The lowest BCUT2D eigenvalue weighted by molar-refractivity contribution is 0.0520. The minimum atomic E-state index is -3.27. The molecule has 1 fully saturated rings. The summed E-state index contributed by atoms with van der Waals surface area (Å²) in [4.78, 5) is 12.3. The molecule has 2 aromatic rings. The Labute approximate surface area is 150 Å². The highest BCUT2D eigenvalue weighted by Crippen LogP contribution is 2.57. The van der Waals surface area contributed by atoms with E-state index in [1.807, 2.05) is 0 Å². The predicted molar refractivity (Wildman–Crippen MR) is 93.5 cm³/mol. The molecule has 0 spiro atoms. The van der Waals surface area contributed by atoms with Gasteiger partial charge in [0.25, 0.3) is 0 Å². The molecule has 0 aromatic carbocycles. The van der Waals surface area contributed by atoms with Crippen LogP contribution in [0, 0.1) is 0 Å². The van der Waals surface area contributed by atoms with Gasteiger partial charge in [0.15, 0.2) is 16.6 Å². The first-order chi connectivity index (χ1) is 12.0. The van der Waals surface area contributed by atoms with Gasteiger partial charge in [-0.15, -0.1) is 0 Å². The summed E-state index contributed by atoms with van der Waals surface area (Å²) >= 11 is 6.04. The van der Waals surface area contributed by atoms with Crippen molar-refractivity contribution in [3.05, 3.63) is 11.5 Å². The van der Waals surface area contributed by atoms with Gasteiger partial charge < -0.3 is 24.1 Å². The highest BCUT2D eigenvalue weighted by Gasteiger charge is 2.42. The Balaban J connectivity index is 1.74. The minimum absolute atomic E-state index is 0.0849. The quantitative estimate of drug-likeness (QED) is 0.567. The molecule has 0 amide bonds. The second-order valence-electron chi connectivity index (χ2n) is 5.61. The van der Waals surface area contributed by atoms with Crippen molar-refractivity contribution < 1.29 is 18.3 Å². The van der Waals surface area contributed by atoms with Gasteiger partial charge in [-0.05, 0) is 26.7 Å². The Morgan fingerprint density at radius 1 is 1.36 bits per heavy atom. The van der Waals surface area contributed by atoms with Gasteiger partial charge in [0.1, 0.15) is 5.52 Å². The molecule has 0 saturated carbocycles. The third-order valence-electron chi connectivity index (χ3n) is 3.89. The average molecular weight is 390 g/mol. The Morgan fingerprint density at radius 2 is 2.08 bits per heavy atom. The first kappa shape index (κ1) is 18.5. The third-order valence-corrected chi connectivity index (χ3v) is 6.48. The Bertz CT molecular complexity index is 791. The second kappa shape index (κ2) is 7.55. The topological polar surface area (TPSA) is 114 Å². The van der Waals surface area contributed by atoms with E-state index >= 15 is 0 Å². The van der Waals surface area contributed by atoms with Crippen LogP contribution in [0.2, 0.25) is 5.15 Å². The van der Waals surface area contributed by atoms with Crippen molar-refractivity contribution in [2.24, 2.45) is 0 Å². The fraction of sp³-hybridized carbons (Fsp3) is 0.643. The van der Waals surface area contributed by atoms with E-state index in [0.717, 1.165) is 6.42 Å². The summed E-state index contributed by atoms with van der Waals surface area (Å²) in [5.74, 6) is -0.475. The molecule has 25 heavy (non-hydrogen) atoms. The normalized spacial score (nSPS) is 21.2. The summed E-state index contributed by atoms with van der Waals surface area (Å²) in [6.07, 6.45) is 2.79. The number of halogens is 1. The SMILES string of the molecule is CCOP(=O)(OCC)[C@@H]1CC[C@H](Cn2cnc3c(Cl)nc(N)nc32)O1. The molecule has 0 aliphatic carbocycles. The summed E-state index contributed by atoms with van der Waals surface area (Å²) in [6.45, 7) is 4.66. The third kappa shape index (κ3) is 3.80. The fourth-order valence-corrected chi connectivity index (χ4v) is 5.03. The first-order valence-corrected chi connectivity index (χ1v) is 10.1. The molecule has 11 heteroatoms. The van der Waals surface area contributed by atoms with Crippen LogP contribution < -0.4 is 5.73 Å². The van der Waals surface area contributed by atoms with E-state index in [0.29, 0.717) is 37.3 Å². The van der Waals surface area contributed by atoms with Crippen LogP contribution in [0.1, 0.15) is 26.7 Å². The number of nitrogens with two attached hydrogens (primary N) is 1. The maximum absolute atomic E-state index is 12.8. The lowest BCUT2D eigenvalue weighted by Crippen LogP contribution is -2.19. The summed E-state index contributed by atoms with van der Waals surface area (Å²) in [6, 6.07) is 0. The predicted octanol–water partition coefficient (Wildman–Crippen LogP) is 2.83. The van der Waals surface area contributed by atoms with Gasteiger partial charge in [0.05, 0.1) is 32.2 Å². The Morgan fingerprint density at radius 3 is 2.76 bits per heavy atom. The van der Waals surface area contributed by atoms with Crippen LogP contribution in [0.25, 0.3) is 11.2 Å². The lowest BCUT2D eigenvalue weighted by Gasteiger charge is -2.23. The van der Waals surface area contributed by atoms with Crippen molar-refractivity contribution >= 4 is 36.3 Å². The fourth-order valence-electron chi connectivity index (χ4n) is 2.90. The second-order valence-corrected chi connectivity index (χ2v) is 8.14. The molecule has 1 aliphatic heterocycles. The number of aromatic nitrogens is 4. The molecule has 3 heterocycles. The zero-order valence-electron chi connectivity index (χ0n) is 14.1. The molecule has 2 atom stereocenters. The van der Waals surface area contributed by atoms with Crippen LogP contribution in [0.3, 0.4) is 0 Å². The molecule has 138 valence electrons. The van der Waals surface area contributed by atoms with E-state index in [4.69, 9.17) is 31.1 Å². The number of hydrogen-bond donors (Lipinski definition) is 1. The number of rotatable bonds is 7. The van der Waals surface area contributed by atoms with E-state index in [1.165, 1.54) is 0 Å². The monoisotopic (exact) mass is 389 g/mol. The van der Waals surface area contributed by atoms with Gasteiger partial charge in [-0.2, -0.15) is 9.97 Å². The van der Waals surface area contributed by atoms with Gasteiger partial charge in [-0.3, -0.25) is 4.57 Å². The number of nitrogen functional groups attached to an aromatic ring is 1. The van der Waals surface area contributed by atoms with E-state index in [1.54, 1.807) is 24.7 Å². The van der Waals surface area contributed by atoms with Gasteiger partial charge in [-0.1, -0.05) is 11.6 Å². The number of nitrogens with zero attached hydrogens (tertiary/aromatic N) is 4. The van der Waals surface area contributed by atoms with E-state index in [2.05, 4.69) is 15.0 Å². The standard InChI is InChI=1S/C14H21ClN5O4P/c1-3-22-25(21,23-4-2)10-6-5-9(24-10)7-20-8-17-11-12(15)18-14(16)19-13(11)20/h8-10H,3-7H2,1-2H3,(H2,16,18,19)/t9-,10-/m1/s1. The van der Waals surface area contributed by atoms with Crippen molar-refractivity contribution in [3.8, 4) is 0 Å². The summed E-state index contributed by atoms with van der Waals surface area (Å²) < 4.78 is 31.3. The smallest absolute Gasteiger partial charge is 0.359 e. The molecule has 9 nitrogen and oxygen atoms in total. The first-order valence-electron chi connectivity index (χ1n) is 8.15. The number of hydrogen-bond acceptors (Lipinski definition) is 8. The van der Waals surface area contributed by atoms with Crippen LogP contribution >= 0.6 is 19.2 Å². The van der Waals surface area contributed by atoms with Gasteiger partial charge in [0.2, 0.25) is 5.95 Å². The number of anilines is 1. The lowest BCUT2D eigenvalue weighted by atomic mass is 10.2. The maximum Gasteiger partial charge on any atom is 0.359 e. The number of fused-ring (bicyclic) bond motifs is 1. The Hall–Kier alpha value is -1.25. The van der Waals surface area contributed by atoms with Crippen molar-refractivity contribution in [2.75, 3.05) is 18.9 Å².